The summed E-state index contributed by atoms with van der Waals surface area (Å²) in [6.07, 6.45) is 5.45. The minimum Gasteiger partial charge on any atom is -0.355 e. The molecule has 0 aromatic rings. The van der Waals surface area contributed by atoms with E-state index in [2.05, 4.69) is 5.32 Å². The fourth-order valence-corrected chi connectivity index (χ4v) is 2.11. The summed E-state index contributed by atoms with van der Waals surface area (Å²) in [6, 6.07) is -0.0245. The quantitative estimate of drug-likeness (QED) is 0.826. The molecule has 1 saturated heterocycles. The van der Waals surface area contributed by atoms with Crippen molar-refractivity contribution in [1.82, 2.24) is 15.1 Å². The van der Waals surface area contributed by atoms with Crippen LogP contribution < -0.4 is 5.32 Å². The third kappa shape index (κ3) is 4.94. The summed E-state index contributed by atoms with van der Waals surface area (Å²) in [7, 11) is 1.69. The molecule has 5 nitrogen and oxygen atoms in total. The van der Waals surface area contributed by atoms with Crippen LogP contribution >= 0.6 is 0 Å². The maximum absolute atomic E-state index is 12.1. The largest absolute Gasteiger partial charge is 0.355 e. The highest BCUT2D eigenvalue weighted by Crippen LogP contribution is 2.11. The molecule has 0 spiro atoms. The Hall–Kier alpha value is -1.26. The van der Waals surface area contributed by atoms with Crippen molar-refractivity contribution in [3.05, 3.63) is 0 Å². The van der Waals surface area contributed by atoms with Crippen LogP contribution in [0, 0.1) is 0 Å². The standard InChI is InChI=1S/C13H25N3O2/c1-3-8-14-12(17)11-15(2)13(18)16-9-6-4-5-7-10-16/h3-11H2,1-2H3,(H,14,17). The number of urea groups is 1. The third-order valence-electron chi connectivity index (χ3n) is 3.16. The lowest BCUT2D eigenvalue weighted by atomic mass is 10.2. The van der Waals surface area contributed by atoms with Crippen LogP contribution in [0.4, 0.5) is 4.79 Å². The molecule has 1 N–H and O–H groups in total. The molecule has 5 heteroatoms. The lowest BCUT2D eigenvalue weighted by Gasteiger charge is -2.26. The summed E-state index contributed by atoms with van der Waals surface area (Å²) < 4.78 is 0. The monoisotopic (exact) mass is 255 g/mol. The molecular weight excluding hydrogens is 230 g/mol. The molecule has 0 saturated carbocycles. The van der Waals surface area contributed by atoms with Gasteiger partial charge in [0.25, 0.3) is 0 Å². The van der Waals surface area contributed by atoms with Gasteiger partial charge in [0.15, 0.2) is 0 Å². The predicted molar refractivity (Wildman–Crippen MR) is 71.4 cm³/mol. The van der Waals surface area contributed by atoms with Gasteiger partial charge in [-0.3, -0.25) is 4.79 Å². The average Bonchev–Trinajstić information content (AvgIpc) is 2.64. The van der Waals surface area contributed by atoms with Gasteiger partial charge in [-0.1, -0.05) is 19.8 Å². The van der Waals surface area contributed by atoms with E-state index in [0.29, 0.717) is 6.54 Å². The highest BCUT2D eigenvalue weighted by molar-refractivity contribution is 5.83. The zero-order valence-corrected chi connectivity index (χ0v) is 11.6. The first-order valence-electron chi connectivity index (χ1n) is 6.92. The van der Waals surface area contributed by atoms with Crippen molar-refractivity contribution in [3.8, 4) is 0 Å². The van der Waals surface area contributed by atoms with Crippen molar-refractivity contribution < 1.29 is 9.59 Å². The van der Waals surface area contributed by atoms with Gasteiger partial charge in [-0.05, 0) is 19.3 Å². The second-order valence-corrected chi connectivity index (χ2v) is 4.89. The highest BCUT2D eigenvalue weighted by Gasteiger charge is 2.20. The van der Waals surface area contributed by atoms with E-state index in [1.165, 1.54) is 17.7 Å². The number of likely N-dealkylation sites (N-methyl/N-ethyl adjacent to an activating group) is 1. The molecule has 18 heavy (non-hydrogen) atoms. The summed E-state index contributed by atoms with van der Waals surface area (Å²) in [4.78, 5) is 27.0. The van der Waals surface area contributed by atoms with Crippen LogP contribution in [0.25, 0.3) is 0 Å². The third-order valence-corrected chi connectivity index (χ3v) is 3.16. The molecule has 1 fully saturated rings. The zero-order valence-electron chi connectivity index (χ0n) is 11.6. The summed E-state index contributed by atoms with van der Waals surface area (Å²) >= 11 is 0. The van der Waals surface area contributed by atoms with E-state index in [4.69, 9.17) is 0 Å². The summed E-state index contributed by atoms with van der Waals surface area (Å²) in [5.41, 5.74) is 0. The van der Waals surface area contributed by atoms with Crippen molar-refractivity contribution in [2.75, 3.05) is 33.2 Å². The topological polar surface area (TPSA) is 52.7 Å². The maximum Gasteiger partial charge on any atom is 0.320 e. The normalized spacial score (nSPS) is 16.0. The van der Waals surface area contributed by atoms with E-state index in [1.54, 1.807) is 7.05 Å². The van der Waals surface area contributed by atoms with Gasteiger partial charge in [0, 0.05) is 26.7 Å². The lowest BCUT2D eigenvalue weighted by Crippen LogP contribution is -2.45. The van der Waals surface area contributed by atoms with Crippen LogP contribution in [0.5, 0.6) is 0 Å². The van der Waals surface area contributed by atoms with E-state index in [-0.39, 0.29) is 18.5 Å². The highest BCUT2D eigenvalue weighted by atomic mass is 16.2. The molecule has 104 valence electrons. The van der Waals surface area contributed by atoms with Crippen LogP contribution in [0.1, 0.15) is 39.0 Å². The average molecular weight is 255 g/mol. The Labute approximate surface area is 110 Å². The molecule has 1 rings (SSSR count). The van der Waals surface area contributed by atoms with E-state index >= 15 is 0 Å². The van der Waals surface area contributed by atoms with E-state index in [1.807, 2.05) is 11.8 Å². The number of nitrogens with zero attached hydrogens (tertiary/aromatic N) is 2. The zero-order chi connectivity index (χ0) is 13.4. The molecule has 0 unspecified atom stereocenters. The fourth-order valence-electron chi connectivity index (χ4n) is 2.11. The molecule has 0 bridgehead atoms. The summed E-state index contributed by atoms with van der Waals surface area (Å²) in [6.45, 7) is 4.46. The molecule has 0 atom stereocenters. The Morgan fingerprint density at radius 3 is 2.33 bits per heavy atom. The second-order valence-electron chi connectivity index (χ2n) is 4.89. The smallest absolute Gasteiger partial charge is 0.320 e. The molecule has 3 amide bonds. The number of amides is 3. The first-order chi connectivity index (χ1) is 8.65. The number of carbonyl (C=O) groups is 2. The van der Waals surface area contributed by atoms with Gasteiger partial charge in [0.1, 0.15) is 6.54 Å². The second kappa shape index (κ2) is 7.95. The van der Waals surface area contributed by atoms with Gasteiger partial charge in [-0.15, -0.1) is 0 Å². The van der Waals surface area contributed by atoms with Crippen LogP contribution in [-0.4, -0.2) is 55.0 Å². The maximum atomic E-state index is 12.1. The Balaban J connectivity index is 2.37. The lowest BCUT2D eigenvalue weighted by molar-refractivity contribution is -0.121. The number of nitrogens with one attached hydrogen (secondary N) is 1. The molecule has 1 aliphatic heterocycles. The van der Waals surface area contributed by atoms with Crippen molar-refractivity contribution in [2.24, 2.45) is 0 Å². The minimum absolute atomic E-state index is 0.0245. The van der Waals surface area contributed by atoms with Crippen molar-refractivity contribution in [1.29, 1.82) is 0 Å². The Morgan fingerprint density at radius 2 is 1.78 bits per heavy atom. The summed E-state index contributed by atoms with van der Waals surface area (Å²) in [5.74, 6) is -0.0810. The molecule has 0 aliphatic carbocycles. The molecule has 0 radical (unpaired) electrons. The fraction of sp³-hybridized carbons (Fsp3) is 0.846. The van der Waals surface area contributed by atoms with Crippen LogP contribution in [0.15, 0.2) is 0 Å². The Kier molecular flexibility index (Phi) is 6.54. The van der Waals surface area contributed by atoms with Gasteiger partial charge in [-0.25, -0.2) is 4.79 Å². The number of hydrogen-bond acceptors (Lipinski definition) is 2. The van der Waals surface area contributed by atoms with Gasteiger partial charge >= 0.3 is 6.03 Å². The van der Waals surface area contributed by atoms with E-state index in [0.717, 1.165) is 32.4 Å². The van der Waals surface area contributed by atoms with Crippen LogP contribution in [-0.2, 0) is 4.79 Å². The SMILES string of the molecule is CCCNC(=O)CN(C)C(=O)N1CCCCCC1. The van der Waals surface area contributed by atoms with Gasteiger partial charge in [-0.2, -0.15) is 0 Å². The molecular formula is C13H25N3O2. The predicted octanol–water partition coefficient (Wildman–Crippen LogP) is 1.44. The van der Waals surface area contributed by atoms with Crippen molar-refractivity contribution >= 4 is 11.9 Å². The Bertz CT molecular complexity index is 273. The number of carbonyl (C=O) groups excluding carboxylic acids is 2. The number of likely N-dealkylation sites (tertiary alicyclic amines) is 1. The van der Waals surface area contributed by atoms with Gasteiger partial charge in [0.05, 0.1) is 0 Å². The van der Waals surface area contributed by atoms with E-state index < -0.39 is 0 Å². The molecule has 0 aromatic carbocycles. The van der Waals surface area contributed by atoms with Gasteiger partial charge < -0.3 is 15.1 Å². The first kappa shape index (κ1) is 14.8. The number of hydrogen-bond donors (Lipinski definition) is 1. The van der Waals surface area contributed by atoms with Crippen molar-refractivity contribution in [2.45, 2.75) is 39.0 Å². The minimum atomic E-state index is -0.0810. The van der Waals surface area contributed by atoms with Crippen molar-refractivity contribution in [3.63, 3.8) is 0 Å². The molecule has 1 aliphatic rings. The van der Waals surface area contributed by atoms with E-state index in [9.17, 15) is 9.59 Å². The van der Waals surface area contributed by atoms with Crippen LogP contribution in [0.3, 0.4) is 0 Å². The van der Waals surface area contributed by atoms with Crippen LogP contribution in [0.2, 0.25) is 0 Å². The van der Waals surface area contributed by atoms with Gasteiger partial charge in [0.2, 0.25) is 5.91 Å². The Morgan fingerprint density at radius 1 is 1.17 bits per heavy atom. The summed E-state index contributed by atoms with van der Waals surface area (Å²) in [5, 5.41) is 2.78. The molecule has 1 heterocycles. The number of rotatable bonds is 4. The first-order valence-corrected chi connectivity index (χ1v) is 6.92. The molecule has 0 aromatic heterocycles.